The molecule has 1 atom stereocenters. The summed E-state index contributed by atoms with van der Waals surface area (Å²) < 4.78 is 27.8. The molecular weight excluding hydrogens is 461 g/mol. The van der Waals surface area contributed by atoms with E-state index in [1.165, 1.54) is 6.07 Å². The Morgan fingerprint density at radius 1 is 1.11 bits per heavy atom. The van der Waals surface area contributed by atoms with Gasteiger partial charge in [-0.3, -0.25) is 4.98 Å². The smallest absolute Gasteiger partial charge is 0.319 e. The second kappa shape index (κ2) is 9.48. The van der Waals surface area contributed by atoms with Crippen LogP contribution in [0.3, 0.4) is 0 Å². The summed E-state index contributed by atoms with van der Waals surface area (Å²) in [5.74, 6) is 0.0752. The Morgan fingerprint density at radius 3 is 2.75 bits per heavy atom. The van der Waals surface area contributed by atoms with Crippen molar-refractivity contribution in [1.29, 1.82) is 0 Å². The van der Waals surface area contributed by atoms with Gasteiger partial charge in [-0.15, -0.1) is 0 Å². The summed E-state index contributed by atoms with van der Waals surface area (Å²) in [6.45, 7) is 3.89. The maximum atomic E-state index is 16.2. The minimum Gasteiger partial charge on any atom is -0.508 e. The largest absolute Gasteiger partial charge is 0.508 e. The molecule has 2 aliphatic heterocycles. The molecule has 2 aromatic carbocycles. The molecule has 8 nitrogen and oxygen atoms in total. The van der Waals surface area contributed by atoms with Crippen molar-refractivity contribution in [3.63, 3.8) is 0 Å². The van der Waals surface area contributed by atoms with Gasteiger partial charge in [-0.1, -0.05) is 24.3 Å². The molecular formula is C27H28FN5O3. The Hall–Kier alpha value is -3.56. The fraction of sp³-hybridized carbons (Fsp3) is 0.370. The number of halogens is 1. The zero-order chi connectivity index (χ0) is 24.6. The third-order valence-electron chi connectivity index (χ3n) is 7.13. The van der Waals surface area contributed by atoms with Crippen molar-refractivity contribution >= 4 is 27.5 Å². The van der Waals surface area contributed by atoms with E-state index in [4.69, 9.17) is 9.47 Å². The number of phenolic OH excluding ortho intramolecular Hbond substituents is 1. The van der Waals surface area contributed by atoms with Crippen LogP contribution in [-0.4, -0.2) is 77.5 Å². The second-order valence-electron chi connectivity index (χ2n) is 9.41. The van der Waals surface area contributed by atoms with E-state index in [0.29, 0.717) is 49.7 Å². The Morgan fingerprint density at radius 2 is 1.94 bits per heavy atom. The summed E-state index contributed by atoms with van der Waals surface area (Å²) >= 11 is 0. The zero-order valence-electron chi connectivity index (χ0n) is 20.2. The Balaban J connectivity index is 1.48. The van der Waals surface area contributed by atoms with Gasteiger partial charge in [-0.05, 0) is 49.3 Å². The molecule has 2 saturated heterocycles. The third-order valence-corrected chi connectivity index (χ3v) is 7.13. The number of morpholine rings is 1. The van der Waals surface area contributed by atoms with Gasteiger partial charge in [-0.2, -0.15) is 9.97 Å². The Bertz CT molecular complexity index is 1430. The summed E-state index contributed by atoms with van der Waals surface area (Å²) in [6, 6.07) is 11.2. The van der Waals surface area contributed by atoms with Crippen molar-refractivity contribution < 1.29 is 19.0 Å². The molecule has 36 heavy (non-hydrogen) atoms. The van der Waals surface area contributed by atoms with Gasteiger partial charge in [0, 0.05) is 30.9 Å². The molecule has 0 saturated carbocycles. The molecule has 6 rings (SSSR count). The summed E-state index contributed by atoms with van der Waals surface area (Å²) in [6.07, 6.45) is 3.79. The number of hydrogen-bond donors (Lipinski definition) is 1. The first-order valence-corrected chi connectivity index (χ1v) is 12.3. The van der Waals surface area contributed by atoms with E-state index in [1.807, 2.05) is 24.3 Å². The van der Waals surface area contributed by atoms with E-state index in [2.05, 4.69) is 31.8 Å². The van der Waals surface area contributed by atoms with Crippen LogP contribution in [0.25, 0.3) is 32.9 Å². The number of nitrogens with zero attached hydrogens (tertiary/aromatic N) is 5. The fourth-order valence-corrected chi connectivity index (χ4v) is 5.14. The van der Waals surface area contributed by atoms with Gasteiger partial charge >= 0.3 is 6.01 Å². The molecule has 2 aliphatic rings. The Labute approximate surface area is 208 Å². The maximum Gasteiger partial charge on any atom is 0.319 e. The number of likely N-dealkylation sites (tertiary alicyclic amines) is 1. The van der Waals surface area contributed by atoms with E-state index in [0.717, 1.165) is 30.2 Å². The van der Waals surface area contributed by atoms with Crippen LogP contribution in [0.15, 0.2) is 42.6 Å². The SMILES string of the molecule is CN1CCC[C@H]1COc1nc(N2CCOCC2)c2cnc(-c3cc(O)cc4ccccc34)c(F)c2n1. The van der Waals surface area contributed by atoms with Gasteiger partial charge < -0.3 is 24.4 Å². The zero-order valence-corrected chi connectivity index (χ0v) is 20.2. The average molecular weight is 490 g/mol. The highest BCUT2D eigenvalue weighted by molar-refractivity contribution is 5.99. The first-order valence-electron chi connectivity index (χ1n) is 12.3. The highest BCUT2D eigenvalue weighted by Gasteiger charge is 2.25. The normalized spacial score (nSPS) is 18.8. The van der Waals surface area contributed by atoms with E-state index in [-0.39, 0.29) is 29.0 Å². The number of phenols is 1. The molecule has 0 radical (unpaired) electrons. The molecule has 0 unspecified atom stereocenters. The van der Waals surface area contributed by atoms with Crippen molar-refractivity contribution in [2.45, 2.75) is 18.9 Å². The topological polar surface area (TPSA) is 83.8 Å². The maximum absolute atomic E-state index is 16.2. The monoisotopic (exact) mass is 489 g/mol. The molecule has 0 bridgehead atoms. The number of likely N-dealkylation sites (N-methyl/N-ethyl adjacent to an activating group) is 1. The lowest BCUT2D eigenvalue weighted by Gasteiger charge is -2.29. The van der Waals surface area contributed by atoms with Crippen LogP contribution in [0.5, 0.6) is 11.8 Å². The highest BCUT2D eigenvalue weighted by Crippen LogP contribution is 2.36. The molecule has 0 aliphatic carbocycles. The number of ether oxygens (including phenoxy) is 2. The van der Waals surface area contributed by atoms with E-state index in [1.54, 1.807) is 12.3 Å². The number of fused-ring (bicyclic) bond motifs is 2. The number of anilines is 1. The van der Waals surface area contributed by atoms with Crippen LogP contribution in [0.4, 0.5) is 10.2 Å². The molecule has 2 aromatic heterocycles. The lowest BCUT2D eigenvalue weighted by molar-refractivity contribution is 0.122. The predicted molar refractivity (Wildman–Crippen MR) is 136 cm³/mol. The molecule has 186 valence electrons. The van der Waals surface area contributed by atoms with Gasteiger partial charge in [0.25, 0.3) is 0 Å². The lowest BCUT2D eigenvalue weighted by Crippen LogP contribution is -2.37. The van der Waals surface area contributed by atoms with Crippen molar-refractivity contribution in [2.24, 2.45) is 0 Å². The van der Waals surface area contributed by atoms with Crippen molar-refractivity contribution in [3.8, 4) is 23.0 Å². The lowest BCUT2D eigenvalue weighted by atomic mass is 10.0. The van der Waals surface area contributed by atoms with E-state index >= 15 is 4.39 Å². The summed E-state index contributed by atoms with van der Waals surface area (Å²) in [4.78, 5) is 18.0. The number of hydrogen-bond acceptors (Lipinski definition) is 8. The van der Waals surface area contributed by atoms with Crippen molar-refractivity contribution in [3.05, 3.63) is 48.4 Å². The number of pyridine rings is 1. The van der Waals surface area contributed by atoms with Crippen molar-refractivity contribution in [2.75, 3.05) is 51.4 Å². The quantitative estimate of drug-likeness (QED) is 0.451. The van der Waals surface area contributed by atoms with Crippen molar-refractivity contribution in [1.82, 2.24) is 19.9 Å². The van der Waals surface area contributed by atoms with Crippen LogP contribution in [0, 0.1) is 5.82 Å². The van der Waals surface area contributed by atoms with E-state index in [9.17, 15) is 5.11 Å². The second-order valence-corrected chi connectivity index (χ2v) is 9.41. The van der Waals surface area contributed by atoms with E-state index < -0.39 is 5.82 Å². The minimum absolute atomic E-state index is 0.0476. The molecule has 1 N–H and O–H groups in total. The van der Waals surface area contributed by atoms with Crippen LogP contribution < -0.4 is 9.64 Å². The number of benzene rings is 2. The fourth-order valence-electron chi connectivity index (χ4n) is 5.14. The highest BCUT2D eigenvalue weighted by atomic mass is 19.1. The standard InChI is InChI=1S/C27H28FN5O3/c1-32-8-4-6-18(32)16-36-27-30-25-22(26(31-27)33-9-11-35-12-10-33)15-29-24(23(25)28)21-14-19(34)13-17-5-2-3-7-20(17)21/h2-3,5,7,13-15,18,34H,4,6,8-12,16H2,1H3/t18-/m0/s1. The van der Waals surface area contributed by atoms with Gasteiger partial charge in [-0.25, -0.2) is 4.39 Å². The third kappa shape index (κ3) is 4.18. The molecule has 0 amide bonds. The summed E-state index contributed by atoms with van der Waals surface area (Å²) in [5.41, 5.74) is 0.785. The van der Waals surface area contributed by atoms with Gasteiger partial charge in [0.15, 0.2) is 5.82 Å². The minimum atomic E-state index is -0.567. The first-order chi connectivity index (χ1) is 17.6. The average Bonchev–Trinajstić information content (AvgIpc) is 3.32. The molecule has 4 aromatic rings. The molecule has 2 fully saturated rings. The van der Waals surface area contributed by atoms with Gasteiger partial charge in [0.2, 0.25) is 0 Å². The number of aromatic nitrogens is 3. The van der Waals surface area contributed by atoms with Crippen LogP contribution in [0.2, 0.25) is 0 Å². The number of aromatic hydroxyl groups is 1. The number of rotatable bonds is 5. The molecule has 9 heteroatoms. The Kier molecular flexibility index (Phi) is 6.02. The summed E-state index contributed by atoms with van der Waals surface area (Å²) in [7, 11) is 2.08. The first kappa shape index (κ1) is 22.9. The van der Waals surface area contributed by atoms with Crippen LogP contribution in [0.1, 0.15) is 12.8 Å². The summed E-state index contributed by atoms with van der Waals surface area (Å²) in [5, 5.41) is 12.4. The van der Waals surface area contributed by atoms with Gasteiger partial charge in [0.1, 0.15) is 29.4 Å². The van der Waals surface area contributed by atoms with Crippen LogP contribution in [-0.2, 0) is 4.74 Å². The molecule has 4 heterocycles. The molecule has 0 spiro atoms. The predicted octanol–water partition coefficient (Wildman–Crippen LogP) is 4.00. The van der Waals surface area contributed by atoms with Crippen LogP contribution >= 0.6 is 0 Å². The van der Waals surface area contributed by atoms with Gasteiger partial charge in [0.05, 0.1) is 18.6 Å².